The van der Waals surface area contributed by atoms with E-state index in [1.165, 1.54) is 0 Å². The molecule has 3 nitrogen and oxygen atoms in total. The first-order valence-electron chi connectivity index (χ1n) is 5.24. The molecule has 90 valence electrons. The lowest BCUT2D eigenvalue weighted by Crippen LogP contribution is -2.18. The van der Waals surface area contributed by atoms with Crippen molar-refractivity contribution in [2.24, 2.45) is 0 Å². The molecule has 0 fully saturated rings. The lowest BCUT2D eigenvalue weighted by molar-refractivity contribution is 0.595. The molecule has 0 heterocycles. The first kappa shape index (κ1) is 13.5. The fourth-order valence-corrected chi connectivity index (χ4v) is 3.02. The zero-order chi connectivity index (χ0) is 12.0. The summed E-state index contributed by atoms with van der Waals surface area (Å²) in [6.45, 7) is 2.32. The zero-order valence-corrected chi connectivity index (χ0v) is 11.6. The van der Waals surface area contributed by atoms with Crippen LogP contribution in [0.4, 0.5) is 5.69 Å². The van der Waals surface area contributed by atoms with Gasteiger partial charge in [0.15, 0.2) is 9.84 Å². The van der Waals surface area contributed by atoms with E-state index < -0.39 is 9.84 Å². The van der Waals surface area contributed by atoms with Crippen molar-refractivity contribution in [1.29, 1.82) is 0 Å². The summed E-state index contributed by atoms with van der Waals surface area (Å²) in [4.78, 5) is 0. The Morgan fingerprint density at radius 1 is 1.25 bits per heavy atom. The quantitative estimate of drug-likeness (QED) is 0.879. The van der Waals surface area contributed by atoms with Crippen LogP contribution in [0.1, 0.15) is 13.3 Å². The minimum atomic E-state index is -2.89. The van der Waals surface area contributed by atoms with Gasteiger partial charge < -0.3 is 5.32 Å². The maximum atomic E-state index is 11.5. The molecule has 1 N–H and O–H groups in total. The maximum Gasteiger partial charge on any atom is 0.152 e. The van der Waals surface area contributed by atoms with Crippen LogP contribution in [0.15, 0.2) is 28.7 Å². The second-order valence-electron chi connectivity index (χ2n) is 3.56. The molecule has 0 saturated heterocycles. The lowest BCUT2D eigenvalue weighted by Gasteiger charge is -2.08. The van der Waals surface area contributed by atoms with Crippen molar-refractivity contribution in [2.75, 3.05) is 23.4 Å². The highest BCUT2D eigenvalue weighted by atomic mass is 79.9. The molecule has 1 aromatic carbocycles. The van der Waals surface area contributed by atoms with E-state index in [1.54, 1.807) is 0 Å². The summed E-state index contributed by atoms with van der Waals surface area (Å²) >= 11 is 3.40. The van der Waals surface area contributed by atoms with Crippen molar-refractivity contribution in [2.45, 2.75) is 13.3 Å². The largest absolute Gasteiger partial charge is 0.383 e. The zero-order valence-electron chi connectivity index (χ0n) is 9.24. The molecule has 0 aromatic heterocycles. The van der Waals surface area contributed by atoms with Crippen LogP contribution in [0.3, 0.4) is 0 Å². The van der Waals surface area contributed by atoms with Gasteiger partial charge in [0.05, 0.1) is 5.75 Å². The third-order valence-corrected chi connectivity index (χ3v) is 4.67. The summed E-state index contributed by atoms with van der Waals surface area (Å²) in [7, 11) is -2.89. The number of hydrogen-bond acceptors (Lipinski definition) is 3. The van der Waals surface area contributed by atoms with Crippen molar-refractivity contribution in [3.8, 4) is 0 Å². The third kappa shape index (κ3) is 4.53. The Kier molecular flexibility index (Phi) is 5.28. The van der Waals surface area contributed by atoms with E-state index in [0.29, 0.717) is 13.0 Å². The minimum absolute atomic E-state index is 0.183. The normalized spacial score (nSPS) is 11.4. The van der Waals surface area contributed by atoms with Gasteiger partial charge in [-0.2, -0.15) is 0 Å². The molecule has 0 bridgehead atoms. The van der Waals surface area contributed by atoms with Gasteiger partial charge in [0, 0.05) is 22.5 Å². The van der Waals surface area contributed by atoms with Crippen molar-refractivity contribution >= 4 is 31.5 Å². The van der Waals surface area contributed by atoms with E-state index in [4.69, 9.17) is 0 Å². The predicted molar refractivity (Wildman–Crippen MR) is 71.6 cm³/mol. The molecule has 0 aliphatic carbocycles. The third-order valence-electron chi connectivity index (χ3n) is 2.12. The Balaban J connectivity index is 2.45. The van der Waals surface area contributed by atoms with Gasteiger partial charge in [0.2, 0.25) is 0 Å². The number of sulfone groups is 1. The molecule has 0 spiro atoms. The maximum absolute atomic E-state index is 11.5. The Morgan fingerprint density at radius 2 is 1.94 bits per heavy atom. The summed E-state index contributed by atoms with van der Waals surface area (Å²) in [5.41, 5.74) is 0.925. The van der Waals surface area contributed by atoms with E-state index in [-0.39, 0.29) is 11.5 Å². The van der Waals surface area contributed by atoms with Crippen LogP contribution in [-0.4, -0.2) is 26.5 Å². The number of rotatable bonds is 6. The smallest absolute Gasteiger partial charge is 0.152 e. The molecule has 0 saturated carbocycles. The molecular formula is C11H16BrNO2S. The second kappa shape index (κ2) is 6.25. The van der Waals surface area contributed by atoms with Crippen LogP contribution in [0.2, 0.25) is 0 Å². The standard InChI is InChI=1S/C11H16BrNO2S/c1-2-8-16(14,15)9-7-13-11-6-4-3-5-10(11)12/h3-6,13H,2,7-9H2,1H3. The molecule has 5 heteroatoms. The van der Waals surface area contributed by atoms with E-state index >= 15 is 0 Å². The highest BCUT2D eigenvalue weighted by Crippen LogP contribution is 2.20. The Labute approximate surface area is 105 Å². The molecule has 1 aromatic rings. The highest BCUT2D eigenvalue weighted by molar-refractivity contribution is 9.10. The van der Waals surface area contributed by atoms with Gasteiger partial charge in [-0.25, -0.2) is 8.42 Å². The monoisotopic (exact) mass is 305 g/mol. The van der Waals surface area contributed by atoms with Crippen LogP contribution in [-0.2, 0) is 9.84 Å². The topological polar surface area (TPSA) is 46.2 Å². The van der Waals surface area contributed by atoms with Gasteiger partial charge in [-0.15, -0.1) is 0 Å². The average molecular weight is 306 g/mol. The number of anilines is 1. The van der Waals surface area contributed by atoms with Gasteiger partial charge >= 0.3 is 0 Å². The lowest BCUT2D eigenvalue weighted by atomic mass is 10.3. The Morgan fingerprint density at radius 3 is 2.56 bits per heavy atom. The van der Waals surface area contributed by atoms with Crippen LogP contribution in [0, 0.1) is 0 Å². The van der Waals surface area contributed by atoms with Crippen LogP contribution < -0.4 is 5.32 Å². The van der Waals surface area contributed by atoms with Crippen molar-refractivity contribution < 1.29 is 8.42 Å². The first-order valence-corrected chi connectivity index (χ1v) is 7.85. The van der Waals surface area contributed by atoms with Crippen LogP contribution in [0.5, 0.6) is 0 Å². The molecule has 0 radical (unpaired) electrons. The molecule has 16 heavy (non-hydrogen) atoms. The van der Waals surface area contributed by atoms with E-state index in [2.05, 4.69) is 21.2 Å². The number of halogens is 1. The molecule has 0 aliphatic rings. The van der Waals surface area contributed by atoms with Gasteiger partial charge in [-0.1, -0.05) is 19.1 Å². The number of hydrogen-bond donors (Lipinski definition) is 1. The van der Waals surface area contributed by atoms with Gasteiger partial charge in [0.25, 0.3) is 0 Å². The minimum Gasteiger partial charge on any atom is -0.383 e. The first-order chi connectivity index (χ1) is 7.55. The number of para-hydroxylation sites is 1. The molecule has 0 aliphatic heterocycles. The second-order valence-corrected chi connectivity index (χ2v) is 6.72. The average Bonchev–Trinajstić information content (AvgIpc) is 2.20. The van der Waals surface area contributed by atoms with E-state index in [0.717, 1.165) is 10.2 Å². The summed E-state index contributed by atoms with van der Waals surface area (Å²) in [5, 5.41) is 3.10. The Bertz CT molecular complexity index is 431. The summed E-state index contributed by atoms with van der Waals surface area (Å²) in [6, 6.07) is 7.66. The van der Waals surface area contributed by atoms with Crippen LogP contribution in [0.25, 0.3) is 0 Å². The van der Waals surface area contributed by atoms with Gasteiger partial charge in [0.1, 0.15) is 0 Å². The van der Waals surface area contributed by atoms with Gasteiger partial charge in [-0.05, 0) is 34.5 Å². The fraction of sp³-hybridized carbons (Fsp3) is 0.455. The SMILES string of the molecule is CCCS(=O)(=O)CCNc1ccccc1Br. The Hall–Kier alpha value is -0.550. The van der Waals surface area contributed by atoms with Crippen LogP contribution >= 0.6 is 15.9 Å². The van der Waals surface area contributed by atoms with Gasteiger partial charge in [-0.3, -0.25) is 0 Å². The molecule has 1 rings (SSSR count). The molecule has 0 amide bonds. The van der Waals surface area contributed by atoms with E-state index in [1.807, 2.05) is 31.2 Å². The molecule has 0 unspecified atom stereocenters. The van der Waals surface area contributed by atoms with Crippen molar-refractivity contribution in [3.63, 3.8) is 0 Å². The van der Waals surface area contributed by atoms with E-state index in [9.17, 15) is 8.42 Å². The predicted octanol–water partition coefficient (Wildman–Crippen LogP) is 2.69. The summed E-state index contributed by atoms with van der Waals surface area (Å²) in [6.07, 6.45) is 0.678. The van der Waals surface area contributed by atoms with Crippen molar-refractivity contribution in [3.05, 3.63) is 28.7 Å². The molecular weight excluding hydrogens is 290 g/mol. The fourth-order valence-electron chi connectivity index (χ4n) is 1.36. The van der Waals surface area contributed by atoms with Crippen molar-refractivity contribution in [1.82, 2.24) is 0 Å². The number of nitrogens with one attached hydrogen (secondary N) is 1. The highest BCUT2D eigenvalue weighted by Gasteiger charge is 2.08. The number of benzene rings is 1. The molecule has 0 atom stereocenters. The summed E-state index contributed by atoms with van der Waals surface area (Å²) < 4.78 is 23.9. The summed E-state index contributed by atoms with van der Waals surface area (Å²) in [5.74, 6) is 0.451.